The van der Waals surface area contributed by atoms with E-state index in [1.54, 1.807) is 0 Å². The predicted octanol–water partition coefficient (Wildman–Crippen LogP) is 2.46. The number of rotatable bonds is 10. The Bertz CT molecular complexity index is 842. The highest BCUT2D eigenvalue weighted by Gasteiger charge is 2.20. The Morgan fingerprint density at radius 2 is 1.93 bits per heavy atom. The van der Waals surface area contributed by atoms with Crippen LogP contribution >= 0.6 is 0 Å². The third-order valence-electron chi connectivity index (χ3n) is 4.05. The number of nitro groups is 1. The second-order valence-corrected chi connectivity index (χ2v) is 5.93. The van der Waals surface area contributed by atoms with E-state index in [0.29, 0.717) is 36.0 Å². The second-order valence-electron chi connectivity index (χ2n) is 5.93. The van der Waals surface area contributed by atoms with Crippen molar-refractivity contribution >= 4 is 22.7 Å². The minimum Gasteiger partial charge on any atom is -0.481 e. The molecule has 10 nitrogen and oxygen atoms in total. The van der Waals surface area contributed by atoms with Crippen molar-refractivity contribution in [2.75, 3.05) is 20.8 Å². The number of fused-ring (bicyclic) bond motifs is 1. The number of carboxylic acids is 1. The third kappa shape index (κ3) is 5.00. The van der Waals surface area contributed by atoms with Crippen LogP contribution in [-0.4, -0.2) is 46.7 Å². The molecule has 1 aromatic heterocycles. The maximum absolute atomic E-state index is 11.3. The number of ether oxygens (including phenoxy) is 2. The number of non-ortho nitro benzene ring substituents is 1. The normalized spacial score (nSPS) is 12.0. The Kier molecular flexibility index (Phi) is 6.83. The molecule has 0 amide bonds. The van der Waals surface area contributed by atoms with E-state index in [1.165, 1.54) is 26.4 Å². The Morgan fingerprint density at radius 3 is 2.52 bits per heavy atom. The van der Waals surface area contributed by atoms with Gasteiger partial charge in [-0.1, -0.05) is 0 Å². The molecule has 0 saturated heterocycles. The third-order valence-corrected chi connectivity index (χ3v) is 4.05. The molecule has 1 unspecified atom stereocenters. The van der Waals surface area contributed by atoms with Gasteiger partial charge >= 0.3 is 5.97 Å². The van der Waals surface area contributed by atoms with Gasteiger partial charge in [0.2, 0.25) is 0 Å². The topological polar surface area (TPSA) is 137 Å². The Labute approximate surface area is 155 Å². The van der Waals surface area contributed by atoms with Gasteiger partial charge in [0.25, 0.3) is 17.4 Å². The van der Waals surface area contributed by atoms with Gasteiger partial charge in [0, 0.05) is 30.2 Å². The van der Waals surface area contributed by atoms with Gasteiger partial charge in [-0.15, -0.1) is 0 Å². The average molecular weight is 378 g/mol. The van der Waals surface area contributed by atoms with Gasteiger partial charge in [0.1, 0.15) is 5.52 Å². The van der Waals surface area contributed by atoms with E-state index in [1.807, 2.05) is 6.92 Å². The highest BCUT2D eigenvalue weighted by Crippen LogP contribution is 2.32. The first-order chi connectivity index (χ1) is 12.9. The predicted molar refractivity (Wildman–Crippen MR) is 97.2 cm³/mol. The maximum atomic E-state index is 11.3. The van der Waals surface area contributed by atoms with Crippen LogP contribution in [0.3, 0.4) is 0 Å². The van der Waals surface area contributed by atoms with Crippen molar-refractivity contribution in [3.63, 3.8) is 0 Å². The molecule has 27 heavy (non-hydrogen) atoms. The molecule has 146 valence electrons. The molecule has 0 aliphatic rings. The summed E-state index contributed by atoms with van der Waals surface area (Å²) in [7, 11) is 2.85. The first-order valence-electron chi connectivity index (χ1n) is 8.40. The monoisotopic (exact) mass is 378 g/mol. The molecule has 0 saturated carbocycles. The fourth-order valence-electron chi connectivity index (χ4n) is 2.67. The Hall–Kier alpha value is -3.01. The van der Waals surface area contributed by atoms with Crippen LogP contribution in [-0.2, 0) is 4.79 Å². The molecule has 0 spiro atoms. The summed E-state index contributed by atoms with van der Waals surface area (Å²) in [6, 6.07) is 2.54. The summed E-state index contributed by atoms with van der Waals surface area (Å²) < 4.78 is 10.3. The molecule has 0 aliphatic carbocycles. The van der Waals surface area contributed by atoms with Gasteiger partial charge < -0.3 is 19.9 Å². The number of nitrogens with one attached hydrogen (secondary N) is 1. The highest BCUT2D eigenvalue weighted by atomic mass is 16.6. The first-order valence-corrected chi connectivity index (χ1v) is 8.40. The number of nitrogens with zero attached hydrogens (tertiary/aromatic N) is 3. The van der Waals surface area contributed by atoms with Crippen LogP contribution in [0.25, 0.3) is 11.0 Å². The largest absolute Gasteiger partial charge is 0.481 e. The lowest BCUT2D eigenvalue weighted by Crippen LogP contribution is -2.20. The fourth-order valence-corrected chi connectivity index (χ4v) is 2.67. The van der Waals surface area contributed by atoms with Gasteiger partial charge in [0.05, 0.1) is 24.7 Å². The van der Waals surface area contributed by atoms with Crippen molar-refractivity contribution in [2.24, 2.45) is 0 Å². The Balaban J connectivity index is 2.34. The van der Waals surface area contributed by atoms with Crippen LogP contribution in [0.15, 0.2) is 12.1 Å². The van der Waals surface area contributed by atoms with Gasteiger partial charge in [-0.25, -0.2) is 9.97 Å². The van der Waals surface area contributed by atoms with Gasteiger partial charge in [0.15, 0.2) is 0 Å². The van der Waals surface area contributed by atoms with E-state index in [2.05, 4.69) is 15.3 Å². The number of methoxy groups -OCH3 is 2. The number of carboxylic acid groups (broad SMARTS) is 1. The van der Waals surface area contributed by atoms with Crippen LogP contribution in [0.4, 0.5) is 5.69 Å². The molecule has 0 bridgehead atoms. The standard InChI is InChI=1S/C17H22N4O6/c1-10(18-7-5-4-6-14(22)23)12-8-11(21(24)25)9-13-15(12)20-17(27-3)16(19-13)26-2/h8-10,18H,4-7H2,1-3H3,(H,22,23). The lowest BCUT2D eigenvalue weighted by atomic mass is 10.0. The minimum atomic E-state index is -0.830. The minimum absolute atomic E-state index is 0.0986. The summed E-state index contributed by atoms with van der Waals surface area (Å²) in [6.45, 7) is 2.42. The summed E-state index contributed by atoms with van der Waals surface area (Å²) in [5, 5.41) is 23.2. The Morgan fingerprint density at radius 1 is 1.26 bits per heavy atom. The number of hydrogen-bond donors (Lipinski definition) is 2. The molecule has 2 aromatic rings. The van der Waals surface area contributed by atoms with Crippen molar-refractivity contribution in [1.29, 1.82) is 0 Å². The molecular weight excluding hydrogens is 356 g/mol. The molecule has 2 N–H and O–H groups in total. The van der Waals surface area contributed by atoms with E-state index in [4.69, 9.17) is 14.6 Å². The van der Waals surface area contributed by atoms with Crippen molar-refractivity contribution in [3.8, 4) is 11.8 Å². The molecule has 1 heterocycles. The quantitative estimate of drug-likeness (QED) is 0.363. The number of carbonyl (C=O) groups is 1. The van der Waals surface area contributed by atoms with E-state index in [9.17, 15) is 14.9 Å². The molecule has 2 rings (SSSR count). The lowest BCUT2D eigenvalue weighted by molar-refractivity contribution is -0.384. The summed E-state index contributed by atoms with van der Waals surface area (Å²) >= 11 is 0. The zero-order valence-corrected chi connectivity index (χ0v) is 15.4. The van der Waals surface area contributed by atoms with E-state index < -0.39 is 10.9 Å². The molecule has 1 atom stereocenters. The second kappa shape index (κ2) is 9.08. The van der Waals surface area contributed by atoms with E-state index in [-0.39, 0.29) is 29.9 Å². The van der Waals surface area contributed by atoms with E-state index >= 15 is 0 Å². The van der Waals surface area contributed by atoms with Gasteiger partial charge in [-0.05, 0) is 26.3 Å². The van der Waals surface area contributed by atoms with Crippen LogP contribution in [0, 0.1) is 10.1 Å². The number of aromatic nitrogens is 2. The smallest absolute Gasteiger partial charge is 0.303 e. The summed E-state index contributed by atoms with van der Waals surface area (Å²) in [6.07, 6.45) is 1.33. The first kappa shape index (κ1) is 20.3. The van der Waals surface area contributed by atoms with Crippen molar-refractivity contribution in [3.05, 3.63) is 27.8 Å². The van der Waals surface area contributed by atoms with Crippen LogP contribution in [0.2, 0.25) is 0 Å². The van der Waals surface area contributed by atoms with Crippen molar-refractivity contribution in [2.45, 2.75) is 32.2 Å². The zero-order valence-electron chi connectivity index (χ0n) is 15.4. The summed E-state index contributed by atoms with van der Waals surface area (Å²) in [5.41, 5.74) is 1.31. The molecule has 1 aromatic carbocycles. The van der Waals surface area contributed by atoms with Crippen molar-refractivity contribution < 1.29 is 24.3 Å². The zero-order chi connectivity index (χ0) is 20.0. The average Bonchev–Trinajstić information content (AvgIpc) is 2.64. The van der Waals surface area contributed by atoms with E-state index in [0.717, 1.165) is 0 Å². The number of benzene rings is 1. The van der Waals surface area contributed by atoms with Gasteiger partial charge in [-0.3, -0.25) is 14.9 Å². The fraction of sp³-hybridized carbons (Fsp3) is 0.471. The number of hydrogen-bond acceptors (Lipinski definition) is 8. The summed E-state index contributed by atoms with van der Waals surface area (Å²) in [5.74, 6) is -0.497. The molecular formula is C17H22N4O6. The van der Waals surface area contributed by atoms with Crippen LogP contribution in [0.1, 0.15) is 37.8 Å². The lowest BCUT2D eigenvalue weighted by Gasteiger charge is -2.16. The van der Waals surface area contributed by atoms with Crippen molar-refractivity contribution in [1.82, 2.24) is 15.3 Å². The number of nitro benzene ring substituents is 1. The molecule has 0 fully saturated rings. The van der Waals surface area contributed by atoms with Gasteiger partial charge in [-0.2, -0.15) is 0 Å². The maximum Gasteiger partial charge on any atom is 0.303 e. The SMILES string of the molecule is COc1nc2cc([N+](=O)[O-])cc(C(C)NCCCCC(=O)O)c2nc1OC. The van der Waals surface area contributed by atoms with Crippen LogP contribution < -0.4 is 14.8 Å². The molecule has 0 radical (unpaired) electrons. The summed E-state index contributed by atoms with van der Waals surface area (Å²) in [4.78, 5) is 30.0. The highest BCUT2D eigenvalue weighted by molar-refractivity contribution is 5.82. The number of unbranched alkanes of at least 4 members (excludes halogenated alkanes) is 1. The molecule has 0 aliphatic heterocycles. The number of aliphatic carboxylic acids is 1. The molecule has 10 heteroatoms. The van der Waals surface area contributed by atoms with Crippen LogP contribution in [0.5, 0.6) is 11.8 Å².